The van der Waals surface area contributed by atoms with Crippen LogP contribution in [0.4, 0.5) is 11.6 Å². The van der Waals surface area contributed by atoms with Gasteiger partial charge in [0, 0.05) is 44.8 Å². The Hall–Kier alpha value is -2.74. The number of nitrogens with one attached hydrogen (secondary N) is 1. The van der Waals surface area contributed by atoms with E-state index in [9.17, 15) is 9.90 Å². The highest BCUT2D eigenvalue weighted by molar-refractivity contribution is 5.94. The van der Waals surface area contributed by atoms with E-state index in [1.807, 2.05) is 17.0 Å². The normalized spacial score (nSPS) is 28.3. The average molecular weight is 423 g/mol. The standard InChI is InChI=1S/C23H30N6O2/c30-20-11-18-15-29(14-17(18)10-19(20)27-21-13-24-6-7-25-21)22-5-4-16(12-26-22)23(31)28-8-2-1-3-9-28/h4-7,12-13,17-20,30H,1-3,8-11,14-15H2,(H,25,27)/t17-,18+,19-,20-/m1/s1. The Balaban J connectivity index is 1.21. The van der Waals surface area contributed by atoms with Gasteiger partial charge in [-0.25, -0.2) is 9.97 Å². The monoisotopic (exact) mass is 422 g/mol. The number of aliphatic hydroxyl groups is 1. The maximum atomic E-state index is 12.7. The summed E-state index contributed by atoms with van der Waals surface area (Å²) in [6.07, 6.45) is 11.4. The summed E-state index contributed by atoms with van der Waals surface area (Å²) in [5, 5.41) is 14.0. The zero-order chi connectivity index (χ0) is 21.2. The van der Waals surface area contributed by atoms with Crippen LogP contribution in [0, 0.1) is 11.8 Å². The minimum Gasteiger partial charge on any atom is -0.391 e. The van der Waals surface area contributed by atoms with Gasteiger partial charge in [0.25, 0.3) is 5.91 Å². The largest absolute Gasteiger partial charge is 0.391 e. The highest BCUT2D eigenvalue weighted by atomic mass is 16.3. The lowest BCUT2D eigenvalue weighted by molar-refractivity contribution is 0.0723. The van der Waals surface area contributed by atoms with Gasteiger partial charge in [-0.3, -0.25) is 9.78 Å². The Morgan fingerprint density at radius 1 is 1.00 bits per heavy atom. The van der Waals surface area contributed by atoms with Gasteiger partial charge in [0.2, 0.25) is 0 Å². The summed E-state index contributed by atoms with van der Waals surface area (Å²) in [6.45, 7) is 3.51. The van der Waals surface area contributed by atoms with Crippen LogP contribution in [0.2, 0.25) is 0 Å². The smallest absolute Gasteiger partial charge is 0.255 e. The molecule has 1 aliphatic carbocycles. The molecule has 2 saturated heterocycles. The van der Waals surface area contributed by atoms with Gasteiger partial charge in [0.05, 0.1) is 23.9 Å². The molecule has 0 aromatic carbocycles. The summed E-state index contributed by atoms with van der Waals surface area (Å²) in [6, 6.07) is 3.87. The van der Waals surface area contributed by atoms with Gasteiger partial charge in [-0.1, -0.05) is 0 Å². The van der Waals surface area contributed by atoms with Gasteiger partial charge in [-0.15, -0.1) is 0 Å². The molecule has 0 radical (unpaired) electrons. The minimum absolute atomic E-state index is 0.0181. The second-order valence-electron chi connectivity index (χ2n) is 9.06. The molecule has 8 nitrogen and oxygen atoms in total. The SMILES string of the molecule is O=C(c1ccc(N2C[C@H]3C[C@@H](Nc4cnccn4)[C@H](O)C[C@H]3C2)nc1)N1CCCCC1. The molecule has 1 amide bonds. The molecule has 31 heavy (non-hydrogen) atoms. The minimum atomic E-state index is -0.402. The van der Waals surface area contributed by atoms with Gasteiger partial charge >= 0.3 is 0 Å². The predicted octanol–water partition coefficient (Wildman–Crippen LogP) is 2.19. The first kappa shape index (κ1) is 20.2. The molecule has 2 aromatic rings. The number of aliphatic hydroxyl groups excluding tert-OH is 1. The van der Waals surface area contributed by atoms with Crippen molar-refractivity contribution >= 4 is 17.5 Å². The van der Waals surface area contributed by atoms with E-state index in [0.29, 0.717) is 23.2 Å². The Bertz CT molecular complexity index is 887. The van der Waals surface area contributed by atoms with Crippen molar-refractivity contribution in [2.45, 2.75) is 44.2 Å². The van der Waals surface area contributed by atoms with E-state index in [1.165, 1.54) is 6.42 Å². The van der Waals surface area contributed by atoms with Gasteiger partial charge < -0.3 is 20.2 Å². The third-order valence-corrected chi connectivity index (χ3v) is 7.00. The number of hydrogen-bond acceptors (Lipinski definition) is 7. The fourth-order valence-electron chi connectivity index (χ4n) is 5.32. The first-order valence-corrected chi connectivity index (χ1v) is 11.4. The van der Waals surface area contributed by atoms with E-state index in [4.69, 9.17) is 0 Å². The third-order valence-electron chi connectivity index (χ3n) is 7.00. The number of nitrogens with zero attached hydrogens (tertiary/aromatic N) is 5. The van der Waals surface area contributed by atoms with Crippen molar-refractivity contribution < 1.29 is 9.90 Å². The Morgan fingerprint density at radius 3 is 2.52 bits per heavy atom. The Labute approximate surface area is 182 Å². The zero-order valence-electron chi connectivity index (χ0n) is 17.7. The van der Waals surface area contributed by atoms with E-state index >= 15 is 0 Å². The molecule has 3 fully saturated rings. The lowest BCUT2D eigenvalue weighted by Crippen LogP contribution is -2.43. The molecular formula is C23H30N6O2. The second-order valence-corrected chi connectivity index (χ2v) is 9.06. The Kier molecular flexibility index (Phi) is 5.72. The first-order chi connectivity index (χ1) is 15.2. The average Bonchev–Trinajstić information content (AvgIpc) is 3.23. The Morgan fingerprint density at radius 2 is 1.81 bits per heavy atom. The topological polar surface area (TPSA) is 94.5 Å². The van der Waals surface area contributed by atoms with Crippen LogP contribution in [0.15, 0.2) is 36.9 Å². The summed E-state index contributed by atoms with van der Waals surface area (Å²) < 4.78 is 0. The number of anilines is 2. The van der Waals surface area contributed by atoms with E-state index in [-0.39, 0.29) is 11.9 Å². The van der Waals surface area contributed by atoms with Crippen LogP contribution in [-0.4, -0.2) is 69.2 Å². The lowest BCUT2D eigenvalue weighted by Gasteiger charge is -2.35. The molecule has 3 aliphatic rings. The molecule has 0 unspecified atom stereocenters. The van der Waals surface area contributed by atoms with Crippen LogP contribution >= 0.6 is 0 Å². The van der Waals surface area contributed by atoms with Gasteiger partial charge in [-0.2, -0.15) is 0 Å². The van der Waals surface area contributed by atoms with Gasteiger partial charge in [0.1, 0.15) is 11.6 Å². The highest BCUT2D eigenvalue weighted by Gasteiger charge is 2.42. The lowest BCUT2D eigenvalue weighted by atomic mass is 9.77. The van der Waals surface area contributed by atoms with Crippen LogP contribution < -0.4 is 10.2 Å². The van der Waals surface area contributed by atoms with E-state index in [1.54, 1.807) is 24.8 Å². The molecule has 164 valence electrons. The fraction of sp³-hybridized carbons (Fsp3) is 0.565. The van der Waals surface area contributed by atoms with Crippen molar-refractivity contribution in [3.05, 3.63) is 42.5 Å². The van der Waals surface area contributed by atoms with Crippen molar-refractivity contribution in [1.29, 1.82) is 0 Å². The summed E-state index contributed by atoms with van der Waals surface area (Å²) in [7, 11) is 0. The van der Waals surface area contributed by atoms with Crippen LogP contribution in [0.25, 0.3) is 0 Å². The molecule has 2 aliphatic heterocycles. The van der Waals surface area contributed by atoms with Crippen molar-refractivity contribution in [1.82, 2.24) is 19.9 Å². The van der Waals surface area contributed by atoms with Crippen molar-refractivity contribution in [2.75, 3.05) is 36.4 Å². The number of pyridine rings is 1. The quantitative estimate of drug-likeness (QED) is 0.780. The molecule has 4 atom stereocenters. The van der Waals surface area contributed by atoms with Crippen LogP contribution in [0.5, 0.6) is 0 Å². The maximum absolute atomic E-state index is 12.7. The van der Waals surface area contributed by atoms with E-state index in [2.05, 4.69) is 25.2 Å². The second kappa shape index (κ2) is 8.78. The molecule has 8 heteroatoms. The van der Waals surface area contributed by atoms with E-state index in [0.717, 1.165) is 57.7 Å². The molecular weight excluding hydrogens is 392 g/mol. The van der Waals surface area contributed by atoms with Crippen molar-refractivity contribution in [3.8, 4) is 0 Å². The molecule has 2 aromatic heterocycles. The van der Waals surface area contributed by atoms with Crippen LogP contribution in [-0.2, 0) is 0 Å². The fourth-order valence-corrected chi connectivity index (χ4v) is 5.32. The molecule has 0 spiro atoms. The molecule has 2 N–H and O–H groups in total. The summed E-state index contributed by atoms with van der Waals surface area (Å²) >= 11 is 0. The summed E-state index contributed by atoms with van der Waals surface area (Å²) in [5.74, 6) is 2.66. The zero-order valence-corrected chi connectivity index (χ0v) is 17.7. The summed E-state index contributed by atoms with van der Waals surface area (Å²) in [5.41, 5.74) is 0.672. The molecule has 0 bridgehead atoms. The number of carbonyl (C=O) groups excluding carboxylic acids is 1. The van der Waals surface area contributed by atoms with Crippen molar-refractivity contribution in [3.63, 3.8) is 0 Å². The maximum Gasteiger partial charge on any atom is 0.255 e. The number of hydrogen-bond donors (Lipinski definition) is 2. The summed E-state index contributed by atoms with van der Waals surface area (Å²) in [4.78, 5) is 29.9. The van der Waals surface area contributed by atoms with Crippen LogP contribution in [0.3, 0.4) is 0 Å². The van der Waals surface area contributed by atoms with Gasteiger partial charge in [-0.05, 0) is 56.1 Å². The van der Waals surface area contributed by atoms with Crippen molar-refractivity contribution in [2.24, 2.45) is 11.8 Å². The number of aromatic nitrogens is 3. The predicted molar refractivity (Wildman–Crippen MR) is 118 cm³/mol. The number of fused-ring (bicyclic) bond motifs is 1. The van der Waals surface area contributed by atoms with E-state index < -0.39 is 6.10 Å². The first-order valence-electron chi connectivity index (χ1n) is 11.4. The molecule has 5 rings (SSSR count). The number of carbonyl (C=O) groups is 1. The number of likely N-dealkylation sites (tertiary alicyclic amines) is 1. The van der Waals surface area contributed by atoms with Gasteiger partial charge in [0.15, 0.2) is 0 Å². The number of rotatable bonds is 4. The number of amides is 1. The third kappa shape index (κ3) is 4.35. The molecule has 1 saturated carbocycles. The highest BCUT2D eigenvalue weighted by Crippen LogP contribution is 2.38. The molecule has 4 heterocycles. The van der Waals surface area contributed by atoms with Crippen LogP contribution in [0.1, 0.15) is 42.5 Å². The number of piperidine rings is 1.